The molecular weight excluding hydrogens is 346 g/mol. The lowest BCUT2D eigenvalue weighted by molar-refractivity contribution is -0.132. The number of ether oxygens (including phenoxy) is 1. The quantitative estimate of drug-likeness (QED) is 0.773. The SMILES string of the molecule is COc1ccc(CN(C)C(=O)CN2CCN(C(=O)c3ccco3)CC2)cc1. The number of furan rings is 1. The summed E-state index contributed by atoms with van der Waals surface area (Å²) < 4.78 is 10.3. The predicted molar refractivity (Wildman–Crippen MR) is 101 cm³/mol. The zero-order valence-corrected chi connectivity index (χ0v) is 15.8. The number of carbonyl (C=O) groups is 2. The van der Waals surface area contributed by atoms with Crippen LogP contribution in [0, 0.1) is 0 Å². The molecule has 0 aliphatic carbocycles. The van der Waals surface area contributed by atoms with Crippen LogP contribution in [0.25, 0.3) is 0 Å². The second-order valence-corrected chi connectivity index (χ2v) is 6.64. The lowest BCUT2D eigenvalue weighted by Crippen LogP contribution is -2.51. The fraction of sp³-hybridized carbons (Fsp3) is 0.400. The molecule has 2 amide bonds. The molecule has 0 unspecified atom stereocenters. The van der Waals surface area contributed by atoms with Crippen molar-refractivity contribution in [2.45, 2.75) is 6.54 Å². The highest BCUT2D eigenvalue weighted by molar-refractivity contribution is 5.91. The summed E-state index contributed by atoms with van der Waals surface area (Å²) >= 11 is 0. The first-order valence-corrected chi connectivity index (χ1v) is 8.99. The standard InChI is InChI=1S/C20H25N3O4/c1-21(14-16-5-7-17(26-2)8-6-16)19(24)15-22-9-11-23(12-10-22)20(25)18-4-3-13-27-18/h3-8,13H,9-12,14-15H2,1-2H3. The van der Waals surface area contributed by atoms with Gasteiger partial charge in [0, 0.05) is 39.8 Å². The van der Waals surface area contributed by atoms with E-state index in [1.165, 1.54) is 6.26 Å². The summed E-state index contributed by atoms with van der Waals surface area (Å²) in [5.41, 5.74) is 1.06. The summed E-state index contributed by atoms with van der Waals surface area (Å²) in [6, 6.07) is 11.1. The van der Waals surface area contributed by atoms with Crippen LogP contribution in [0.5, 0.6) is 5.75 Å². The van der Waals surface area contributed by atoms with Gasteiger partial charge >= 0.3 is 0 Å². The number of amides is 2. The maximum Gasteiger partial charge on any atom is 0.289 e. The molecule has 1 saturated heterocycles. The van der Waals surface area contributed by atoms with Gasteiger partial charge in [-0.25, -0.2) is 0 Å². The summed E-state index contributed by atoms with van der Waals surface area (Å²) in [5.74, 6) is 1.13. The molecular formula is C20H25N3O4. The van der Waals surface area contributed by atoms with E-state index in [9.17, 15) is 9.59 Å². The number of piperazine rings is 1. The third-order valence-electron chi connectivity index (χ3n) is 4.75. The van der Waals surface area contributed by atoms with E-state index in [0.29, 0.717) is 45.0 Å². The molecule has 144 valence electrons. The van der Waals surface area contributed by atoms with Crippen molar-refractivity contribution in [1.82, 2.24) is 14.7 Å². The molecule has 0 bridgehead atoms. The topological polar surface area (TPSA) is 66.2 Å². The van der Waals surface area contributed by atoms with Gasteiger partial charge in [-0.05, 0) is 29.8 Å². The number of rotatable bonds is 6. The summed E-state index contributed by atoms with van der Waals surface area (Å²) in [6.45, 7) is 3.45. The van der Waals surface area contributed by atoms with E-state index in [2.05, 4.69) is 4.90 Å². The van der Waals surface area contributed by atoms with Crippen molar-refractivity contribution in [3.63, 3.8) is 0 Å². The fourth-order valence-electron chi connectivity index (χ4n) is 3.07. The number of nitrogens with zero attached hydrogens (tertiary/aromatic N) is 3. The van der Waals surface area contributed by atoms with Crippen LogP contribution >= 0.6 is 0 Å². The third-order valence-corrected chi connectivity index (χ3v) is 4.75. The number of methoxy groups -OCH3 is 1. The van der Waals surface area contributed by atoms with Crippen LogP contribution in [0.1, 0.15) is 16.1 Å². The molecule has 1 aromatic heterocycles. The maximum atomic E-state index is 12.5. The van der Waals surface area contributed by atoms with Crippen LogP contribution in [0.4, 0.5) is 0 Å². The van der Waals surface area contributed by atoms with Crippen molar-refractivity contribution < 1.29 is 18.7 Å². The van der Waals surface area contributed by atoms with E-state index in [-0.39, 0.29) is 11.8 Å². The second kappa shape index (κ2) is 8.73. The van der Waals surface area contributed by atoms with Gasteiger partial charge in [0.2, 0.25) is 5.91 Å². The van der Waals surface area contributed by atoms with Gasteiger partial charge in [0.05, 0.1) is 19.9 Å². The van der Waals surface area contributed by atoms with Crippen molar-refractivity contribution in [3.05, 3.63) is 54.0 Å². The Morgan fingerprint density at radius 2 is 1.81 bits per heavy atom. The molecule has 2 aromatic rings. The average Bonchev–Trinajstić information content (AvgIpc) is 3.23. The number of likely N-dealkylation sites (N-methyl/N-ethyl adjacent to an activating group) is 1. The number of carbonyl (C=O) groups excluding carboxylic acids is 2. The van der Waals surface area contributed by atoms with Crippen LogP contribution < -0.4 is 4.74 Å². The Balaban J connectivity index is 1.45. The van der Waals surface area contributed by atoms with Crippen LogP contribution in [-0.2, 0) is 11.3 Å². The molecule has 3 rings (SSSR count). The molecule has 0 saturated carbocycles. The largest absolute Gasteiger partial charge is 0.497 e. The van der Waals surface area contributed by atoms with Crippen molar-refractivity contribution in [1.29, 1.82) is 0 Å². The highest BCUT2D eigenvalue weighted by Gasteiger charge is 2.25. The van der Waals surface area contributed by atoms with E-state index in [0.717, 1.165) is 11.3 Å². The average molecular weight is 371 g/mol. The molecule has 27 heavy (non-hydrogen) atoms. The van der Waals surface area contributed by atoms with Crippen molar-refractivity contribution >= 4 is 11.8 Å². The minimum absolute atomic E-state index is 0.0663. The molecule has 2 heterocycles. The Morgan fingerprint density at radius 1 is 1.11 bits per heavy atom. The molecule has 0 spiro atoms. The van der Waals surface area contributed by atoms with Crippen molar-refractivity contribution in [2.24, 2.45) is 0 Å². The van der Waals surface area contributed by atoms with Gasteiger partial charge in [-0.2, -0.15) is 0 Å². The lowest BCUT2D eigenvalue weighted by atomic mass is 10.2. The molecule has 1 aliphatic heterocycles. The van der Waals surface area contributed by atoms with Crippen molar-refractivity contribution in [3.8, 4) is 5.75 Å². The Morgan fingerprint density at radius 3 is 2.41 bits per heavy atom. The molecule has 1 aliphatic rings. The van der Waals surface area contributed by atoms with Crippen LogP contribution in [-0.4, -0.2) is 73.4 Å². The number of hydrogen-bond acceptors (Lipinski definition) is 5. The Bertz CT molecular complexity index is 750. The molecule has 0 N–H and O–H groups in total. The van der Waals surface area contributed by atoms with Crippen LogP contribution in [0.15, 0.2) is 47.1 Å². The number of hydrogen-bond donors (Lipinski definition) is 0. The van der Waals surface area contributed by atoms with Gasteiger partial charge in [0.1, 0.15) is 5.75 Å². The highest BCUT2D eigenvalue weighted by Crippen LogP contribution is 2.13. The van der Waals surface area contributed by atoms with Gasteiger partial charge in [0.25, 0.3) is 5.91 Å². The summed E-state index contributed by atoms with van der Waals surface area (Å²) in [5, 5.41) is 0. The second-order valence-electron chi connectivity index (χ2n) is 6.64. The maximum absolute atomic E-state index is 12.5. The number of benzene rings is 1. The Kier molecular flexibility index (Phi) is 6.13. The molecule has 7 nitrogen and oxygen atoms in total. The molecule has 1 aromatic carbocycles. The van der Waals surface area contributed by atoms with Crippen LogP contribution in [0.2, 0.25) is 0 Å². The summed E-state index contributed by atoms with van der Waals surface area (Å²) in [6.07, 6.45) is 1.50. The molecule has 7 heteroatoms. The zero-order chi connectivity index (χ0) is 19.2. The minimum Gasteiger partial charge on any atom is -0.497 e. The van der Waals surface area contributed by atoms with E-state index >= 15 is 0 Å². The van der Waals surface area contributed by atoms with E-state index in [1.54, 1.807) is 29.0 Å². The van der Waals surface area contributed by atoms with E-state index in [4.69, 9.17) is 9.15 Å². The first-order chi connectivity index (χ1) is 13.1. The van der Waals surface area contributed by atoms with Gasteiger partial charge < -0.3 is 19.0 Å². The summed E-state index contributed by atoms with van der Waals surface area (Å²) in [4.78, 5) is 30.4. The summed E-state index contributed by atoms with van der Waals surface area (Å²) in [7, 11) is 3.44. The lowest BCUT2D eigenvalue weighted by Gasteiger charge is -2.34. The van der Waals surface area contributed by atoms with E-state index in [1.807, 2.05) is 31.3 Å². The molecule has 0 atom stereocenters. The van der Waals surface area contributed by atoms with Crippen LogP contribution in [0.3, 0.4) is 0 Å². The zero-order valence-electron chi connectivity index (χ0n) is 15.8. The molecule has 0 radical (unpaired) electrons. The normalized spacial score (nSPS) is 14.8. The smallest absolute Gasteiger partial charge is 0.289 e. The first-order valence-electron chi connectivity index (χ1n) is 8.99. The van der Waals surface area contributed by atoms with E-state index < -0.39 is 0 Å². The first kappa shape index (κ1) is 19.0. The monoisotopic (exact) mass is 371 g/mol. The fourth-order valence-corrected chi connectivity index (χ4v) is 3.07. The van der Waals surface area contributed by atoms with Gasteiger partial charge in [-0.1, -0.05) is 12.1 Å². The predicted octanol–water partition coefficient (Wildman–Crippen LogP) is 1.70. The molecule has 1 fully saturated rings. The minimum atomic E-state index is -0.0948. The van der Waals surface area contributed by atoms with Gasteiger partial charge in [0.15, 0.2) is 5.76 Å². The Hall–Kier alpha value is -2.80. The van der Waals surface area contributed by atoms with Crippen molar-refractivity contribution in [2.75, 3.05) is 46.9 Å². The van der Waals surface area contributed by atoms with Gasteiger partial charge in [-0.15, -0.1) is 0 Å². The highest BCUT2D eigenvalue weighted by atomic mass is 16.5. The van der Waals surface area contributed by atoms with Gasteiger partial charge in [-0.3, -0.25) is 14.5 Å². The third kappa shape index (κ3) is 4.89. The Labute approximate surface area is 159 Å².